The van der Waals surface area contributed by atoms with Crippen LogP contribution in [-0.2, 0) is 4.79 Å². The number of amides is 2. The van der Waals surface area contributed by atoms with E-state index in [-0.39, 0.29) is 18.4 Å². The number of halogens is 2. The van der Waals surface area contributed by atoms with E-state index in [1.165, 1.54) is 23.1 Å². The molecule has 1 fully saturated rings. The Bertz CT molecular complexity index is 507. The summed E-state index contributed by atoms with van der Waals surface area (Å²) in [7, 11) is 1.71. The van der Waals surface area contributed by atoms with Gasteiger partial charge in [-0.25, -0.2) is 4.39 Å². The summed E-state index contributed by atoms with van der Waals surface area (Å²) in [5, 5.41) is 0. The number of carbonyl (C=O) groups is 2. The molecule has 0 aromatic heterocycles. The Balaban J connectivity index is 2.19. The molecule has 0 unspecified atom stereocenters. The van der Waals surface area contributed by atoms with Gasteiger partial charge in [-0.15, -0.1) is 0 Å². The zero-order valence-electron chi connectivity index (χ0n) is 9.82. The fourth-order valence-corrected chi connectivity index (χ4v) is 2.29. The molecule has 1 saturated heterocycles. The van der Waals surface area contributed by atoms with Crippen LogP contribution in [0.25, 0.3) is 0 Å². The molecule has 96 valence electrons. The van der Waals surface area contributed by atoms with Crippen molar-refractivity contribution in [2.24, 2.45) is 0 Å². The quantitative estimate of drug-likeness (QED) is 0.788. The standard InChI is InChI=1S/C12H12BrFN2O2/c1-15-4-5-16(7-11(15)17)12(18)9-3-2-8(14)6-10(9)13/h2-3,6H,4-5,7H2,1H3. The number of nitrogens with zero attached hydrogens (tertiary/aromatic N) is 2. The number of benzene rings is 1. The topological polar surface area (TPSA) is 40.6 Å². The van der Waals surface area contributed by atoms with Crippen LogP contribution in [0.4, 0.5) is 4.39 Å². The van der Waals surface area contributed by atoms with Crippen molar-refractivity contribution in [3.63, 3.8) is 0 Å². The summed E-state index contributed by atoms with van der Waals surface area (Å²) in [6.45, 7) is 1.08. The molecule has 0 N–H and O–H groups in total. The highest BCUT2D eigenvalue weighted by molar-refractivity contribution is 9.10. The van der Waals surface area contributed by atoms with Gasteiger partial charge in [0, 0.05) is 24.6 Å². The first kappa shape index (κ1) is 13.0. The second-order valence-electron chi connectivity index (χ2n) is 4.17. The number of carbonyl (C=O) groups excluding carboxylic acids is 2. The van der Waals surface area contributed by atoms with Gasteiger partial charge in [0.15, 0.2) is 0 Å². The average molecular weight is 315 g/mol. The molecular formula is C12H12BrFN2O2. The van der Waals surface area contributed by atoms with Crippen LogP contribution in [0.1, 0.15) is 10.4 Å². The van der Waals surface area contributed by atoms with Crippen molar-refractivity contribution in [2.45, 2.75) is 0 Å². The van der Waals surface area contributed by atoms with Gasteiger partial charge in [0.2, 0.25) is 5.91 Å². The minimum atomic E-state index is -0.409. The highest BCUT2D eigenvalue weighted by Gasteiger charge is 2.26. The van der Waals surface area contributed by atoms with Crippen LogP contribution in [0.5, 0.6) is 0 Å². The van der Waals surface area contributed by atoms with Crippen molar-refractivity contribution in [3.05, 3.63) is 34.1 Å². The molecule has 1 heterocycles. The van der Waals surface area contributed by atoms with Crippen molar-refractivity contribution < 1.29 is 14.0 Å². The van der Waals surface area contributed by atoms with E-state index in [0.29, 0.717) is 23.1 Å². The van der Waals surface area contributed by atoms with Crippen LogP contribution in [0.3, 0.4) is 0 Å². The highest BCUT2D eigenvalue weighted by Crippen LogP contribution is 2.20. The van der Waals surface area contributed by atoms with E-state index < -0.39 is 5.82 Å². The molecule has 0 saturated carbocycles. The second kappa shape index (κ2) is 5.06. The Morgan fingerprint density at radius 1 is 1.39 bits per heavy atom. The smallest absolute Gasteiger partial charge is 0.255 e. The molecule has 1 aromatic carbocycles. The average Bonchev–Trinajstić information content (AvgIpc) is 2.32. The molecule has 0 atom stereocenters. The monoisotopic (exact) mass is 314 g/mol. The molecule has 1 aromatic rings. The van der Waals surface area contributed by atoms with E-state index in [0.717, 1.165) is 0 Å². The van der Waals surface area contributed by atoms with E-state index in [9.17, 15) is 14.0 Å². The van der Waals surface area contributed by atoms with Gasteiger partial charge in [0.25, 0.3) is 5.91 Å². The lowest BCUT2D eigenvalue weighted by Gasteiger charge is -2.32. The van der Waals surface area contributed by atoms with Gasteiger partial charge in [-0.05, 0) is 34.1 Å². The van der Waals surface area contributed by atoms with E-state index in [2.05, 4.69) is 15.9 Å². The summed E-state index contributed by atoms with van der Waals surface area (Å²) in [5.41, 5.74) is 0.369. The van der Waals surface area contributed by atoms with Gasteiger partial charge in [-0.1, -0.05) is 0 Å². The Morgan fingerprint density at radius 3 is 2.72 bits per heavy atom. The van der Waals surface area contributed by atoms with Crippen molar-refractivity contribution in [3.8, 4) is 0 Å². The fourth-order valence-electron chi connectivity index (χ4n) is 1.77. The summed E-state index contributed by atoms with van der Waals surface area (Å²) in [6, 6.07) is 3.89. The van der Waals surface area contributed by atoms with Crippen LogP contribution in [-0.4, -0.2) is 48.3 Å². The molecule has 6 heteroatoms. The Morgan fingerprint density at radius 2 is 2.11 bits per heavy atom. The number of hydrogen-bond donors (Lipinski definition) is 0. The third-order valence-corrected chi connectivity index (χ3v) is 3.56. The van der Waals surface area contributed by atoms with Gasteiger partial charge in [0.05, 0.1) is 5.56 Å². The Labute approximate surface area is 112 Å². The minimum Gasteiger partial charge on any atom is -0.342 e. The van der Waals surface area contributed by atoms with Crippen molar-refractivity contribution in [1.82, 2.24) is 9.80 Å². The van der Waals surface area contributed by atoms with E-state index in [1.54, 1.807) is 11.9 Å². The zero-order chi connectivity index (χ0) is 13.3. The summed E-state index contributed by atoms with van der Waals surface area (Å²) < 4.78 is 13.4. The van der Waals surface area contributed by atoms with E-state index >= 15 is 0 Å². The van der Waals surface area contributed by atoms with Crippen LogP contribution in [0, 0.1) is 5.82 Å². The highest BCUT2D eigenvalue weighted by atomic mass is 79.9. The number of rotatable bonds is 1. The van der Waals surface area contributed by atoms with Gasteiger partial charge >= 0.3 is 0 Å². The summed E-state index contributed by atoms with van der Waals surface area (Å²) in [5.74, 6) is -0.760. The molecule has 0 radical (unpaired) electrons. The predicted molar refractivity (Wildman–Crippen MR) is 67.6 cm³/mol. The van der Waals surface area contributed by atoms with Crippen LogP contribution in [0.2, 0.25) is 0 Å². The van der Waals surface area contributed by atoms with Gasteiger partial charge in [-0.3, -0.25) is 9.59 Å². The molecule has 0 aliphatic carbocycles. The molecule has 4 nitrogen and oxygen atoms in total. The Kier molecular flexibility index (Phi) is 3.65. The molecule has 2 rings (SSSR count). The lowest BCUT2D eigenvalue weighted by molar-refractivity contribution is -0.133. The largest absolute Gasteiger partial charge is 0.342 e. The van der Waals surface area contributed by atoms with Crippen molar-refractivity contribution >= 4 is 27.7 Å². The maximum absolute atomic E-state index is 13.0. The first-order valence-electron chi connectivity index (χ1n) is 5.47. The minimum absolute atomic E-state index is 0.0686. The van der Waals surface area contributed by atoms with Gasteiger partial charge in [0.1, 0.15) is 12.4 Å². The summed E-state index contributed by atoms with van der Waals surface area (Å²) in [4.78, 5) is 26.8. The fraction of sp³-hybridized carbons (Fsp3) is 0.333. The molecule has 18 heavy (non-hydrogen) atoms. The number of likely N-dealkylation sites (N-methyl/N-ethyl adjacent to an activating group) is 1. The molecule has 0 spiro atoms. The maximum Gasteiger partial charge on any atom is 0.255 e. The third-order valence-electron chi connectivity index (χ3n) is 2.91. The SMILES string of the molecule is CN1CCN(C(=O)c2ccc(F)cc2Br)CC1=O. The maximum atomic E-state index is 13.0. The number of hydrogen-bond acceptors (Lipinski definition) is 2. The zero-order valence-corrected chi connectivity index (χ0v) is 11.4. The third kappa shape index (κ3) is 2.53. The lowest BCUT2D eigenvalue weighted by Crippen LogP contribution is -2.50. The van der Waals surface area contributed by atoms with E-state index in [1.807, 2.05) is 0 Å². The normalized spacial score (nSPS) is 16.1. The molecule has 1 aliphatic heterocycles. The van der Waals surface area contributed by atoms with Crippen LogP contribution >= 0.6 is 15.9 Å². The second-order valence-corrected chi connectivity index (χ2v) is 5.02. The summed E-state index contributed by atoms with van der Waals surface area (Å²) in [6.07, 6.45) is 0. The first-order chi connectivity index (χ1) is 8.49. The Hall–Kier alpha value is -1.43. The molecular weight excluding hydrogens is 303 g/mol. The predicted octanol–water partition coefficient (Wildman–Crippen LogP) is 1.50. The van der Waals surface area contributed by atoms with Crippen molar-refractivity contribution in [2.75, 3.05) is 26.7 Å². The van der Waals surface area contributed by atoms with Crippen molar-refractivity contribution in [1.29, 1.82) is 0 Å². The molecule has 0 bridgehead atoms. The molecule has 2 amide bonds. The van der Waals surface area contributed by atoms with E-state index in [4.69, 9.17) is 0 Å². The lowest BCUT2D eigenvalue weighted by atomic mass is 10.2. The summed E-state index contributed by atoms with van der Waals surface area (Å²) >= 11 is 3.16. The first-order valence-corrected chi connectivity index (χ1v) is 6.26. The molecule has 1 aliphatic rings. The van der Waals surface area contributed by atoms with Crippen LogP contribution in [0.15, 0.2) is 22.7 Å². The van der Waals surface area contributed by atoms with Gasteiger partial charge < -0.3 is 9.80 Å². The number of piperazine rings is 1. The van der Waals surface area contributed by atoms with Gasteiger partial charge in [-0.2, -0.15) is 0 Å². The van der Waals surface area contributed by atoms with Crippen LogP contribution < -0.4 is 0 Å².